The quantitative estimate of drug-likeness (QED) is 0.709. The summed E-state index contributed by atoms with van der Waals surface area (Å²) in [6.45, 7) is 9.27. The zero-order chi connectivity index (χ0) is 12.7. The summed E-state index contributed by atoms with van der Waals surface area (Å²) in [5.41, 5.74) is 2.20. The highest BCUT2D eigenvalue weighted by Gasteiger charge is 2.04. The highest BCUT2D eigenvalue weighted by atomic mass is 16.5. The van der Waals surface area contributed by atoms with Crippen molar-refractivity contribution in [3.63, 3.8) is 0 Å². The van der Waals surface area contributed by atoms with E-state index in [1.54, 1.807) is 0 Å². The van der Waals surface area contributed by atoms with E-state index in [-0.39, 0.29) is 0 Å². The number of aliphatic hydroxyl groups is 1. The van der Waals surface area contributed by atoms with Crippen LogP contribution >= 0.6 is 0 Å². The highest BCUT2D eigenvalue weighted by molar-refractivity contribution is 5.27. The number of aryl methyl sites for hydroxylation is 1. The topological polar surface area (TPSA) is 41.5 Å². The molecule has 0 saturated heterocycles. The SMILES string of the molecule is C=C(C)CNCC(O)COc1cccc(C)c1. The minimum Gasteiger partial charge on any atom is -0.491 e. The van der Waals surface area contributed by atoms with Gasteiger partial charge in [-0.05, 0) is 31.5 Å². The van der Waals surface area contributed by atoms with Crippen molar-refractivity contribution in [1.29, 1.82) is 0 Å². The number of rotatable bonds is 7. The van der Waals surface area contributed by atoms with Crippen LogP contribution in [0.4, 0.5) is 0 Å². The maximum atomic E-state index is 9.68. The van der Waals surface area contributed by atoms with E-state index in [9.17, 15) is 5.11 Å². The lowest BCUT2D eigenvalue weighted by Gasteiger charge is -2.13. The van der Waals surface area contributed by atoms with Crippen LogP contribution in [-0.2, 0) is 0 Å². The predicted molar refractivity (Wildman–Crippen MR) is 70.4 cm³/mol. The monoisotopic (exact) mass is 235 g/mol. The van der Waals surface area contributed by atoms with Gasteiger partial charge in [-0.25, -0.2) is 0 Å². The number of benzene rings is 1. The van der Waals surface area contributed by atoms with Crippen molar-refractivity contribution in [2.75, 3.05) is 19.7 Å². The summed E-state index contributed by atoms with van der Waals surface area (Å²) in [6.07, 6.45) is -0.505. The van der Waals surface area contributed by atoms with Gasteiger partial charge in [0.15, 0.2) is 0 Å². The maximum Gasteiger partial charge on any atom is 0.119 e. The van der Waals surface area contributed by atoms with E-state index < -0.39 is 6.10 Å². The van der Waals surface area contributed by atoms with Crippen molar-refractivity contribution in [2.45, 2.75) is 20.0 Å². The first-order valence-electron chi connectivity index (χ1n) is 5.80. The van der Waals surface area contributed by atoms with E-state index in [4.69, 9.17) is 4.74 Å². The fraction of sp³-hybridized carbons (Fsp3) is 0.429. The van der Waals surface area contributed by atoms with Gasteiger partial charge >= 0.3 is 0 Å². The summed E-state index contributed by atoms with van der Waals surface area (Å²) in [7, 11) is 0. The summed E-state index contributed by atoms with van der Waals surface area (Å²) in [6, 6.07) is 7.79. The van der Waals surface area contributed by atoms with Crippen LogP contribution in [-0.4, -0.2) is 30.9 Å². The molecular formula is C14H21NO2. The molecule has 0 radical (unpaired) electrons. The molecule has 0 saturated carbocycles. The predicted octanol–water partition coefficient (Wildman–Crippen LogP) is 1.90. The van der Waals surface area contributed by atoms with Crippen molar-refractivity contribution < 1.29 is 9.84 Å². The van der Waals surface area contributed by atoms with Gasteiger partial charge in [0.1, 0.15) is 18.5 Å². The van der Waals surface area contributed by atoms with Gasteiger partial charge in [0.2, 0.25) is 0 Å². The van der Waals surface area contributed by atoms with Crippen molar-refractivity contribution in [3.8, 4) is 5.75 Å². The smallest absolute Gasteiger partial charge is 0.119 e. The third-order valence-corrected chi connectivity index (χ3v) is 2.24. The van der Waals surface area contributed by atoms with Crippen LogP contribution in [0.5, 0.6) is 5.75 Å². The van der Waals surface area contributed by atoms with Gasteiger partial charge in [-0.15, -0.1) is 0 Å². The molecule has 1 aromatic carbocycles. The van der Waals surface area contributed by atoms with Crippen LogP contribution in [0.15, 0.2) is 36.4 Å². The average molecular weight is 235 g/mol. The normalized spacial score (nSPS) is 12.2. The van der Waals surface area contributed by atoms with Crippen LogP contribution in [0.25, 0.3) is 0 Å². The first-order valence-corrected chi connectivity index (χ1v) is 5.80. The molecule has 0 amide bonds. The number of hydrogen-bond acceptors (Lipinski definition) is 3. The molecule has 0 fully saturated rings. The second-order valence-electron chi connectivity index (χ2n) is 4.37. The van der Waals surface area contributed by atoms with E-state index in [1.807, 2.05) is 38.1 Å². The molecular weight excluding hydrogens is 214 g/mol. The Balaban J connectivity index is 2.23. The molecule has 0 aliphatic carbocycles. The van der Waals surface area contributed by atoms with Crippen LogP contribution in [0, 0.1) is 6.92 Å². The molecule has 1 aromatic rings. The van der Waals surface area contributed by atoms with Gasteiger partial charge in [0, 0.05) is 13.1 Å². The lowest BCUT2D eigenvalue weighted by Crippen LogP contribution is -2.32. The van der Waals surface area contributed by atoms with E-state index in [1.165, 1.54) is 0 Å². The first-order chi connectivity index (χ1) is 8.08. The summed E-state index contributed by atoms with van der Waals surface area (Å²) in [5.74, 6) is 0.795. The second kappa shape index (κ2) is 7.09. The fourth-order valence-electron chi connectivity index (χ4n) is 1.41. The Bertz CT molecular complexity index is 363. The largest absolute Gasteiger partial charge is 0.491 e. The van der Waals surface area contributed by atoms with Crippen LogP contribution in [0.1, 0.15) is 12.5 Å². The summed E-state index contributed by atoms with van der Waals surface area (Å²) in [5, 5.41) is 12.8. The minimum atomic E-state index is -0.505. The molecule has 1 atom stereocenters. The van der Waals surface area contributed by atoms with E-state index in [0.29, 0.717) is 13.2 Å². The Morgan fingerprint density at radius 1 is 1.53 bits per heavy atom. The van der Waals surface area contributed by atoms with Crippen molar-refractivity contribution in [3.05, 3.63) is 42.0 Å². The Labute approximate surface area is 103 Å². The Morgan fingerprint density at radius 3 is 2.94 bits per heavy atom. The molecule has 3 nitrogen and oxygen atoms in total. The minimum absolute atomic E-state index is 0.298. The van der Waals surface area contributed by atoms with E-state index in [2.05, 4.69) is 11.9 Å². The van der Waals surface area contributed by atoms with Gasteiger partial charge in [-0.1, -0.05) is 24.3 Å². The summed E-state index contributed by atoms with van der Waals surface area (Å²) in [4.78, 5) is 0. The number of ether oxygens (including phenoxy) is 1. The van der Waals surface area contributed by atoms with E-state index >= 15 is 0 Å². The summed E-state index contributed by atoms with van der Waals surface area (Å²) < 4.78 is 5.49. The van der Waals surface area contributed by atoms with E-state index in [0.717, 1.165) is 23.4 Å². The van der Waals surface area contributed by atoms with Gasteiger partial charge in [-0.3, -0.25) is 0 Å². The molecule has 17 heavy (non-hydrogen) atoms. The van der Waals surface area contributed by atoms with Gasteiger partial charge in [0.05, 0.1) is 0 Å². The number of nitrogens with one attached hydrogen (secondary N) is 1. The molecule has 0 spiro atoms. The second-order valence-corrected chi connectivity index (χ2v) is 4.37. The highest BCUT2D eigenvalue weighted by Crippen LogP contribution is 2.12. The Hall–Kier alpha value is -1.32. The molecule has 0 heterocycles. The first kappa shape index (κ1) is 13.7. The maximum absolute atomic E-state index is 9.68. The summed E-state index contributed by atoms with van der Waals surface area (Å²) >= 11 is 0. The molecule has 0 aromatic heterocycles. The molecule has 0 aliphatic heterocycles. The van der Waals surface area contributed by atoms with Gasteiger partial charge < -0.3 is 15.2 Å². The molecule has 3 heteroatoms. The van der Waals surface area contributed by atoms with Gasteiger partial charge in [-0.2, -0.15) is 0 Å². The number of aliphatic hydroxyl groups excluding tert-OH is 1. The van der Waals surface area contributed by atoms with Crippen molar-refractivity contribution in [1.82, 2.24) is 5.32 Å². The lowest BCUT2D eigenvalue weighted by molar-refractivity contribution is 0.107. The van der Waals surface area contributed by atoms with Crippen molar-refractivity contribution in [2.24, 2.45) is 0 Å². The van der Waals surface area contributed by atoms with Crippen molar-refractivity contribution >= 4 is 0 Å². The zero-order valence-corrected chi connectivity index (χ0v) is 10.6. The zero-order valence-electron chi connectivity index (χ0n) is 10.6. The van der Waals surface area contributed by atoms with Crippen LogP contribution in [0.2, 0.25) is 0 Å². The molecule has 2 N–H and O–H groups in total. The third kappa shape index (κ3) is 6.09. The molecule has 1 rings (SSSR count). The molecule has 94 valence electrons. The van der Waals surface area contributed by atoms with Crippen LogP contribution in [0.3, 0.4) is 0 Å². The van der Waals surface area contributed by atoms with Crippen LogP contribution < -0.4 is 10.1 Å². The molecule has 0 bridgehead atoms. The Morgan fingerprint density at radius 2 is 2.29 bits per heavy atom. The number of hydrogen-bond donors (Lipinski definition) is 2. The Kier molecular flexibility index (Phi) is 5.73. The third-order valence-electron chi connectivity index (χ3n) is 2.24. The molecule has 0 aliphatic rings. The fourth-order valence-corrected chi connectivity index (χ4v) is 1.41. The standard InChI is InChI=1S/C14H21NO2/c1-11(2)8-15-9-13(16)10-17-14-6-4-5-12(3)7-14/h4-7,13,15-16H,1,8-10H2,2-3H3. The lowest BCUT2D eigenvalue weighted by atomic mass is 10.2. The average Bonchev–Trinajstić information content (AvgIpc) is 2.26. The molecule has 1 unspecified atom stereocenters. The van der Waals surface area contributed by atoms with Gasteiger partial charge in [0.25, 0.3) is 0 Å².